The van der Waals surface area contributed by atoms with Gasteiger partial charge in [0.05, 0.1) is 24.7 Å². The lowest BCUT2D eigenvalue weighted by Gasteiger charge is -2.28. The average molecular weight is 310 g/mol. The van der Waals surface area contributed by atoms with Gasteiger partial charge in [-0.1, -0.05) is 0 Å². The van der Waals surface area contributed by atoms with Crippen molar-refractivity contribution in [1.29, 1.82) is 0 Å². The summed E-state index contributed by atoms with van der Waals surface area (Å²) in [6.07, 6.45) is 0. The van der Waals surface area contributed by atoms with Crippen LogP contribution in [0.2, 0.25) is 0 Å². The Hall–Kier alpha value is -1.90. The predicted octanol–water partition coefficient (Wildman–Crippen LogP) is 0.425. The van der Waals surface area contributed by atoms with E-state index in [-0.39, 0.29) is 17.2 Å². The number of nitrogens with one attached hydrogen (secondary N) is 2. The van der Waals surface area contributed by atoms with Crippen LogP contribution in [0.15, 0.2) is 18.2 Å². The average Bonchev–Trinajstić information content (AvgIpc) is 2.55. The minimum absolute atomic E-state index is 0.110. The Morgan fingerprint density at radius 2 is 2.05 bits per heavy atom. The molecule has 1 fully saturated rings. The predicted molar refractivity (Wildman–Crippen MR) is 84.6 cm³/mol. The number of nitrogens with zero attached hydrogens (tertiary/aromatic N) is 2. The zero-order valence-corrected chi connectivity index (χ0v) is 12.5. The summed E-state index contributed by atoms with van der Waals surface area (Å²) in [4.78, 5) is 12.8. The number of nitro benzene ring substituents is 1. The van der Waals surface area contributed by atoms with Crippen molar-refractivity contribution >= 4 is 17.1 Å². The first-order chi connectivity index (χ1) is 10.7. The van der Waals surface area contributed by atoms with Gasteiger partial charge < -0.3 is 25.4 Å². The maximum atomic E-state index is 11.2. The summed E-state index contributed by atoms with van der Waals surface area (Å²) in [7, 11) is 0. The maximum Gasteiger partial charge on any atom is 0.292 e. The molecule has 3 N–H and O–H groups in total. The van der Waals surface area contributed by atoms with Gasteiger partial charge in [0.15, 0.2) is 0 Å². The first-order valence-corrected chi connectivity index (χ1v) is 7.39. The van der Waals surface area contributed by atoms with Gasteiger partial charge in [0, 0.05) is 44.5 Å². The Kier molecular flexibility index (Phi) is 6.38. The zero-order valence-electron chi connectivity index (χ0n) is 12.5. The molecule has 1 aromatic carbocycles. The van der Waals surface area contributed by atoms with Crippen LogP contribution in [-0.2, 0) is 4.74 Å². The Morgan fingerprint density at radius 1 is 1.27 bits per heavy atom. The molecule has 1 aliphatic heterocycles. The van der Waals surface area contributed by atoms with Crippen LogP contribution in [0.1, 0.15) is 0 Å². The lowest BCUT2D eigenvalue weighted by Crippen LogP contribution is -2.36. The van der Waals surface area contributed by atoms with Gasteiger partial charge in [-0.05, 0) is 12.1 Å². The Morgan fingerprint density at radius 3 is 2.73 bits per heavy atom. The van der Waals surface area contributed by atoms with Crippen molar-refractivity contribution in [3.05, 3.63) is 28.3 Å². The molecule has 0 amide bonds. The summed E-state index contributed by atoms with van der Waals surface area (Å²) < 4.78 is 5.30. The highest BCUT2D eigenvalue weighted by Gasteiger charge is 2.21. The van der Waals surface area contributed by atoms with Crippen LogP contribution in [0.5, 0.6) is 0 Å². The zero-order chi connectivity index (χ0) is 15.8. The first-order valence-electron chi connectivity index (χ1n) is 7.39. The molecular formula is C14H22N4O4. The third-order valence-electron chi connectivity index (χ3n) is 3.44. The molecule has 1 saturated heterocycles. The number of benzene rings is 1. The van der Waals surface area contributed by atoms with E-state index in [9.17, 15) is 10.1 Å². The second kappa shape index (κ2) is 8.52. The Balaban J connectivity index is 2.04. The molecule has 0 atom stereocenters. The highest BCUT2D eigenvalue weighted by atomic mass is 16.6. The normalized spacial score (nSPS) is 14.9. The third-order valence-corrected chi connectivity index (χ3v) is 3.44. The highest BCUT2D eigenvalue weighted by Crippen LogP contribution is 2.31. The SMILES string of the molecule is O=[N+]([O-])c1ccc(NCCNCCO)cc1N1CCOCC1. The molecule has 8 nitrogen and oxygen atoms in total. The number of hydrogen-bond acceptors (Lipinski definition) is 7. The number of anilines is 2. The van der Waals surface area contributed by atoms with Crippen molar-refractivity contribution in [1.82, 2.24) is 5.32 Å². The van der Waals surface area contributed by atoms with Crippen LogP contribution < -0.4 is 15.5 Å². The van der Waals surface area contributed by atoms with Crippen molar-refractivity contribution in [2.24, 2.45) is 0 Å². The minimum atomic E-state index is -0.350. The lowest BCUT2D eigenvalue weighted by molar-refractivity contribution is -0.384. The first kappa shape index (κ1) is 16.5. The molecule has 0 aliphatic carbocycles. The Bertz CT molecular complexity index is 492. The molecule has 1 aromatic rings. The van der Waals surface area contributed by atoms with Crippen molar-refractivity contribution < 1.29 is 14.8 Å². The number of aliphatic hydroxyl groups excluding tert-OH is 1. The molecule has 0 aromatic heterocycles. The van der Waals surface area contributed by atoms with E-state index in [1.807, 2.05) is 11.0 Å². The maximum absolute atomic E-state index is 11.2. The van der Waals surface area contributed by atoms with E-state index in [4.69, 9.17) is 9.84 Å². The summed E-state index contributed by atoms with van der Waals surface area (Å²) in [5.41, 5.74) is 1.59. The van der Waals surface area contributed by atoms with Crippen LogP contribution in [0.3, 0.4) is 0 Å². The highest BCUT2D eigenvalue weighted by molar-refractivity contribution is 5.70. The van der Waals surface area contributed by atoms with Gasteiger partial charge in [0.1, 0.15) is 5.69 Å². The molecular weight excluding hydrogens is 288 g/mol. The fourth-order valence-corrected chi connectivity index (χ4v) is 2.34. The van der Waals surface area contributed by atoms with E-state index in [0.717, 1.165) is 5.69 Å². The number of morpholine rings is 1. The van der Waals surface area contributed by atoms with Gasteiger partial charge in [-0.15, -0.1) is 0 Å². The summed E-state index contributed by atoms with van der Waals surface area (Å²) in [6.45, 7) is 4.54. The second-order valence-electron chi connectivity index (χ2n) is 4.96. The largest absolute Gasteiger partial charge is 0.395 e. The minimum Gasteiger partial charge on any atom is -0.395 e. The summed E-state index contributed by atoms with van der Waals surface area (Å²) in [5, 5.41) is 26.2. The molecule has 0 radical (unpaired) electrons. The van der Waals surface area contributed by atoms with Crippen molar-refractivity contribution in [3.63, 3.8) is 0 Å². The van der Waals surface area contributed by atoms with E-state index in [1.54, 1.807) is 6.07 Å². The van der Waals surface area contributed by atoms with Crippen LogP contribution in [0.4, 0.5) is 17.1 Å². The Labute approximate surface area is 129 Å². The number of rotatable bonds is 8. The fourth-order valence-electron chi connectivity index (χ4n) is 2.34. The number of nitro groups is 1. The van der Waals surface area contributed by atoms with Crippen LogP contribution in [0, 0.1) is 10.1 Å². The smallest absolute Gasteiger partial charge is 0.292 e. The van der Waals surface area contributed by atoms with Gasteiger partial charge in [-0.25, -0.2) is 0 Å². The van der Waals surface area contributed by atoms with Crippen LogP contribution in [-0.4, -0.2) is 62.6 Å². The van der Waals surface area contributed by atoms with Crippen molar-refractivity contribution in [2.75, 3.05) is 62.8 Å². The number of ether oxygens (including phenoxy) is 1. The van der Waals surface area contributed by atoms with E-state index in [1.165, 1.54) is 6.07 Å². The van der Waals surface area contributed by atoms with Crippen molar-refractivity contribution in [2.45, 2.75) is 0 Å². The standard InChI is InChI=1S/C14H22N4O4/c19-8-5-15-3-4-16-12-1-2-13(18(20)21)14(11-12)17-6-9-22-10-7-17/h1-2,11,15-16,19H,3-10H2. The van der Waals surface area contributed by atoms with E-state index < -0.39 is 0 Å². The molecule has 0 spiro atoms. The summed E-state index contributed by atoms with van der Waals surface area (Å²) in [5.74, 6) is 0. The van der Waals surface area contributed by atoms with Crippen LogP contribution in [0.25, 0.3) is 0 Å². The number of aliphatic hydroxyl groups is 1. The fraction of sp³-hybridized carbons (Fsp3) is 0.571. The van der Waals surface area contributed by atoms with E-state index >= 15 is 0 Å². The van der Waals surface area contributed by atoms with Gasteiger partial charge in [0.25, 0.3) is 5.69 Å². The van der Waals surface area contributed by atoms with Gasteiger partial charge in [-0.3, -0.25) is 10.1 Å². The summed E-state index contributed by atoms with van der Waals surface area (Å²) in [6, 6.07) is 5.07. The topological polar surface area (TPSA) is 99.9 Å². The lowest BCUT2D eigenvalue weighted by atomic mass is 10.2. The molecule has 1 aliphatic rings. The summed E-state index contributed by atoms with van der Waals surface area (Å²) >= 11 is 0. The molecule has 0 unspecified atom stereocenters. The van der Waals surface area contributed by atoms with Gasteiger partial charge in [-0.2, -0.15) is 0 Å². The molecule has 2 rings (SSSR count). The second-order valence-corrected chi connectivity index (χ2v) is 4.96. The molecule has 22 heavy (non-hydrogen) atoms. The monoisotopic (exact) mass is 310 g/mol. The molecule has 0 saturated carbocycles. The van der Waals surface area contributed by atoms with Gasteiger partial charge in [0.2, 0.25) is 0 Å². The van der Waals surface area contributed by atoms with Gasteiger partial charge >= 0.3 is 0 Å². The van der Waals surface area contributed by atoms with E-state index in [2.05, 4.69) is 10.6 Å². The molecule has 8 heteroatoms. The molecule has 0 bridgehead atoms. The molecule has 1 heterocycles. The quantitative estimate of drug-likeness (QED) is 0.363. The van der Waals surface area contributed by atoms with Crippen LogP contribution >= 0.6 is 0 Å². The van der Waals surface area contributed by atoms with E-state index in [0.29, 0.717) is 51.6 Å². The van der Waals surface area contributed by atoms with Crippen molar-refractivity contribution in [3.8, 4) is 0 Å². The number of hydrogen-bond donors (Lipinski definition) is 3. The third kappa shape index (κ3) is 4.55. The molecule has 122 valence electrons.